The lowest BCUT2D eigenvalue weighted by atomic mass is 10.0. The molecule has 2 atom stereocenters. The van der Waals surface area contributed by atoms with Gasteiger partial charge in [-0.15, -0.1) is 0 Å². The molecule has 0 aliphatic carbocycles. The Balaban J connectivity index is 2.57. The van der Waals surface area contributed by atoms with Crippen molar-refractivity contribution in [2.45, 2.75) is 46.2 Å². The van der Waals surface area contributed by atoms with E-state index >= 15 is 0 Å². The lowest BCUT2D eigenvalue weighted by Crippen LogP contribution is -2.33. The SMILES string of the molecule is Cc1nccnc1C(C)N(C)CCC(N)C(C)C. The van der Waals surface area contributed by atoms with Gasteiger partial charge in [0, 0.05) is 18.4 Å². The highest BCUT2D eigenvalue weighted by molar-refractivity contribution is 5.12. The fourth-order valence-electron chi connectivity index (χ4n) is 1.92. The number of rotatable bonds is 6. The van der Waals surface area contributed by atoms with Crippen LogP contribution in [0.1, 0.15) is 44.6 Å². The van der Waals surface area contributed by atoms with Crippen molar-refractivity contribution in [3.05, 3.63) is 23.8 Å². The minimum absolute atomic E-state index is 0.266. The van der Waals surface area contributed by atoms with E-state index in [1.54, 1.807) is 12.4 Å². The van der Waals surface area contributed by atoms with Crippen LogP contribution in [-0.4, -0.2) is 34.5 Å². The average molecular weight is 250 g/mol. The first-order valence-corrected chi connectivity index (χ1v) is 6.66. The summed E-state index contributed by atoms with van der Waals surface area (Å²) in [5.74, 6) is 0.534. The van der Waals surface area contributed by atoms with E-state index in [0.717, 1.165) is 24.4 Å². The highest BCUT2D eigenvalue weighted by atomic mass is 15.1. The Morgan fingerprint density at radius 1 is 1.22 bits per heavy atom. The van der Waals surface area contributed by atoms with Crippen LogP contribution in [0.2, 0.25) is 0 Å². The molecule has 1 aromatic rings. The monoisotopic (exact) mass is 250 g/mol. The molecule has 0 aliphatic rings. The third kappa shape index (κ3) is 4.03. The summed E-state index contributed by atoms with van der Waals surface area (Å²) in [7, 11) is 2.12. The van der Waals surface area contributed by atoms with E-state index in [4.69, 9.17) is 5.73 Å². The molecule has 1 rings (SSSR count). The molecular weight excluding hydrogens is 224 g/mol. The Morgan fingerprint density at radius 3 is 2.39 bits per heavy atom. The van der Waals surface area contributed by atoms with Crippen LogP contribution in [0.15, 0.2) is 12.4 Å². The summed E-state index contributed by atoms with van der Waals surface area (Å²) >= 11 is 0. The van der Waals surface area contributed by atoms with Gasteiger partial charge in [0.1, 0.15) is 0 Å². The Bertz CT molecular complexity index is 365. The van der Waals surface area contributed by atoms with Crippen LogP contribution in [0.25, 0.3) is 0 Å². The van der Waals surface area contributed by atoms with Crippen molar-refractivity contribution >= 4 is 0 Å². The maximum atomic E-state index is 6.08. The summed E-state index contributed by atoms with van der Waals surface area (Å²) in [5.41, 5.74) is 8.14. The number of aryl methyl sites for hydroxylation is 1. The molecule has 0 radical (unpaired) electrons. The van der Waals surface area contributed by atoms with E-state index < -0.39 is 0 Å². The third-order valence-electron chi connectivity index (χ3n) is 3.65. The molecule has 0 aromatic carbocycles. The fraction of sp³-hybridized carbons (Fsp3) is 0.714. The van der Waals surface area contributed by atoms with E-state index in [1.165, 1.54) is 0 Å². The van der Waals surface area contributed by atoms with Crippen LogP contribution in [0.5, 0.6) is 0 Å². The summed E-state index contributed by atoms with van der Waals surface area (Å²) in [6.45, 7) is 9.49. The van der Waals surface area contributed by atoms with Crippen LogP contribution >= 0.6 is 0 Å². The number of hydrogen-bond donors (Lipinski definition) is 1. The third-order valence-corrected chi connectivity index (χ3v) is 3.65. The molecule has 0 bridgehead atoms. The van der Waals surface area contributed by atoms with Crippen molar-refractivity contribution in [3.63, 3.8) is 0 Å². The van der Waals surface area contributed by atoms with Gasteiger partial charge >= 0.3 is 0 Å². The van der Waals surface area contributed by atoms with Crippen molar-refractivity contribution in [3.8, 4) is 0 Å². The van der Waals surface area contributed by atoms with Gasteiger partial charge in [0.25, 0.3) is 0 Å². The normalized spacial score (nSPS) is 15.1. The molecule has 4 heteroatoms. The molecule has 2 unspecified atom stereocenters. The van der Waals surface area contributed by atoms with Gasteiger partial charge in [-0.25, -0.2) is 0 Å². The highest BCUT2D eigenvalue weighted by Gasteiger charge is 2.17. The second-order valence-electron chi connectivity index (χ2n) is 5.38. The Labute approximate surface area is 111 Å². The Morgan fingerprint density at radius 2 is 1.83 bits per heavy atom. The van der Waals surface area contributed by atoms with E-state index in [9.17, 15) is 0 Å². The maximum Gasteiger partial charge on any atom is 0.0784 e. The van der Waals surface area contributed by atoms with Crippen LogP contribution < -0.4 is 5.73 Å². The summed E-state index contributed by atoms with van der Waals surface area (Å²) in [6.07, 6.45) is 4.50. The summed E-state index contributed by atoms with van der Waals surface area (Å²) < 4.78 is 0. The van der Waals surface area contributed by atoms with Gasteiger partial charge in [0.15, 0.2) is 0 Å². The molecule has 0 aliphatic heterocycles. The van der Waals surface area contributed by atoms with E-state index in [-0.39, 0.29) is 12.1 Å². The zero-order valence-electron chi connectivity index (χ0n) is 12.2. The van der Waals surface area contributed by atoms with Crippen molar-refractivity contribution in [2.24, 2.45) is 11.7 Å². The Hall–Kier alpha value is -1.00. The molecule has 1 heterocycles. The topological polar surface area (TPSA) is 55.0 Å². The number of aromatic nitrogens is 2. The van der Waals surface area contributed by atoms with Gasteiger partial charge in [0.2, 0.25) is 0 Å². The van der Waals surface area contributed by atoms with Crippen molar-refractivity contribution in [1.29, 1.82) is 0 Å². The van der Waals surface area contributed by atoms with Crippen molar-refractivity contribution in [1.82, 2.24) is 14.9 Å². The summed E-state index contributed by atoms with van der Waals surface area (Å²) in [6, 6.07) is 0.542. The first kappa shape index (κ1) is 15.1. The van der Waals surface area contributed by atoms with Crippen LogP contribution in [0.3, 0.4) is 0 Å². The molecule has 0 amide bonds. The first-order valence-electron chi connectivity index (χ1n) is 6.66. The lowest BCUT2D eigenvalue weighted by Gasteiger charge is -2.27. The number of nitrogens with two attached hydrogens (primary N) is 1. The molecule has 18 heavy (non-hydrogen) atoms. The zero-order chi connectivity index (χ0) is 13.7. The van der Waals surface area contributed by atoms with Gasteiger partial charge in [-0.3, -0.25) is 14.9 Å². The molecule has 1 aromatic heterocycles. The van der Waals surface area contributed by atoms with E-state index in [1.807, 2.05) is 6.92 Å². The number of nitrogens with zero attached hydrogens (tertiary/aromatic N) is 3. The minimum Gasteiger partial charge on any atom is -0.327 e. The molecule has 4 nitrogen and oxygen atoms in total. The second-order valence-corrected chi connectivity index (χ2v) is 5.38. The molecular formula is C14H26N4. The van der Waals surface area contributed by atoms with E-state index in [2.05, 4.69) is 42.7 Å². The predicted molar refractivity (Wildman–Crippen MR) is 75.2 cm³/mol. The van der Waals surface area contributed by atoms with Gasteiger partial charge in [-0.1, -0.05) is 13.8 Å². The molecule has 0 fully saturated rings. The first-order chi connectivity index (χ1) is 8.43. The van der Waals surface area contributed by atoms with Gasteiger partial charge in [0.05, 0.1) is 17.4 Å². The average Bonchev–Trinajstić information content (AvgIpc) is 2.35. The van der Waals surface area contributed by atoms with E-state index in [0.29, 0.717) is 5.92 Å². The summed E-state index contributed by atoms with van der Waals surface area (Å²) in [5, 5.41) is 0. The van der Waals surface area contributed by atoms with Crippen molar-refractivity contribution < 1.29 is 0 Å². The van der Waals surface area contributed by atoms with Crippen LogP contribution in [0.4, 0.5) is 0 Å². The van der Waals surface area contributed by atoms with Crippen LogP contribution in [0, 0.1) is 12.8 Å². The highest BCUT2D eigenvalue weighted by Crippen LogP contribution is 2.19. The second kappa shape index (κ2) is 6.81. The largest absolute Gasteiger partial charge is 0.327 e. The predicted octanol–water partition coefficient (Wildman–Crippen LogP) is 2.15. The fourth-order valence-corrected chi connectivity index (χ4v) is 1.92. The molecule has 0 spiro atoms. The van der Waals surface area contributed by atoms with Crippen LogP contribution in [-0.2, 0) is 0 Å². The quantitative estimate of drug-likeness (QED) is 0.840. The maximum absolute atomic E-state index is 6.08. The number of hydrogen-bond acceptors (Lipinski definition) is 4. The molecule has 0 saturated carbocycles. The smallest absolute Gasteiger partial charge is 0.0784 e. The van der Waals surface area contributed by atoms with Gasteiger partial charge in [-0.05, 0) is 39.8 Å². The Kier molecular flexibility index (Phi) is 5.69. The molecule has 2 N–H and O–H groups in total. The van der Waals surface area contributed by atoms with Crippen molar-refractivity contribution in [2.75, 3.05) is 13.6 Å². The summed E-state index contributed by atoms with van der Waals surface area (Å²) in [4.78, 5) is 11.0. The minimum atomic E-state index is 0.266. The lowest BCUT2D eigenvalue weighted by molar-refractivity contribution is 0.238. The van der Waals surface area contributed by atoms with Gasteiger partial charge in [-0.2, -0.15) is 0 Å². The standard InChI is InChI=1S/C14H26N4/c1-10(2)13(15)6-9-18(5)12(4)14-11(3)16-7-8-17-14/h7-8,10,12-13H,6,9,15H2,1-5H3. The molecule has 102 valence electrons. The van der Waals surface area contributed by atoms with Gasteiger partial charge < -0.3 is 5.73 Å². The zero-order valence-corrected chi connectivity index (χ0v) is 12.2. The molecule has 0 saturated heterocycles.